The van der Waals surface area contributed by atoms with Gasteiger partial charge >= 0.3 is 0 Å². The first kappa shape index (κ1) is 13.9. The Kier molecular flexibility index (Phi) is 5.92. The first-order chi connectivity index (χ1) is 8.15. The summed E-state index contributed by atoms with van der Waals surface area (Å²) in [4.78, 5) is 11.5. The average molecular weight is 234 g/mol. The highest BCUT2D eigenvalue weighted by atomic mass is 16.5. The predicted molar refractivity (Wildman–Crippen MR) is 70.2 cm³/mol. The lowest BCUT2D eigenvalue weighted by molar-refractivity contribution is -0.129. The van der Waals surface area contributed by atoms with E-state index in [1.807, 2.05) is 18.2 Å². The first-order valence-electron chi connectivity index (χ1n) is 6.32. The molecule has 17 heavy (non-hydrogen) atoms. The van der Waals surface area contributed by atoms with Crippen LogP contribution in [0, 0.1) is 0 Å². The predicted octanol–water partition coefficient (Wildman–Crippen LogP) is 3.56. The molecule has 1 aromatic carbocycles. The van der Waals surface area contributed by atoms with E-state index in [0.29, 0.717) is 12.5 Å². The topological polar surface area (TPSA) is 26.3 Å². The lowest BCUT2D eigenvalue weighted by Gasteiger charge is -2.19. The molecule has 2 unspecified atom stereocenters. The Morgan fingerprint density at radius 1 is 1.29 bits per heavy atom. The molecule has 0 amide bonds. The number of benzene rings is 1. The zero-order valence-corrected chi connectivity index (χ0v) is 11.0. The molecule has 0 saturated heterocycles. The van der Waals surface area contributed by atoms with Gasteiger partial charge in [0.05, 0.1) is 0 Å². The fourth-order valence-electron chi connectivity index (χ4n) is 1.85. The van der Waals surface area contributed by atoms with Crippen molar-refractivity contribution in [2.75, 3.05) is 6.61 Å². The van der Waals surface area contributed by atoms with Gasteiger partial charge in [0.2, 0.25) is 0 Å². The van der Waals surface area contributed by atoms with E-state index in [0.717, 1.165) is 12.8 Å². The maximum Gasteiger partial charge on any atom is 0.158 e. The van der Waals surface area contributed by atoms with Crippen molar-refractivity contribution in [2.45, 2.75) is 45.6 Å². The third kappa shape index (κ3) is 4.70. The number of rotatable bonds is 7. The summed E-state index contributed by atoms with van der Waals surface area (Å²) < 4.78 is 5.60. The van der Waals surface area contributed by atoms with Crippen LogP contribution in [-0.2, 0) is 9.53 Å². The zero-order valence-electron chi connectivity index (χ0n) is 11.0. The molecule has 2 heteroatoms. The van der Waals surface area contributed by atoms with Crippen LogP contribution in [0.3, 0.4) is 0 Å². The zero-order chi connectivity index (χ0) is 12.7. The summed E-state index contributed by atoms with van der Waals surface area (Å²) in [7, 11) is 0. The molecule has 94 valence electrons. The fraction of sp³-hybridized carbons (Fsp3) is 0.533. The first-order valence-corrected chi connectivity index (χ1v) is 6.32. The normalized spacial score (nSPS) is 14.3. The summed E-state index contributed by atoms with van der Waals surface area (Å²) in [5.74, 6) is 0.475. The van der Waals surface area contributed by atoms with Crippen LogP contribution in [0.2, 0.25) is 0 Å². The van der Waals surface area contributed by atoms with Crippen molar-refractivity contribution in [3.8, 4) is 0 Å². The van der Waals surface area contributed by atoms with Crippen molar-refractivity contribution in [3.05, 3.63) is 35.9 Å². The molecule has 0 spiro atoms. The number of Topliss-reactive ketones (excluding diaryl/α,β-unsaturated/α-hetero) is 1. The third-order valence-corrected chi connectivity index (χ3v) is 2.91. The summed E-state index contributed by atoms with van der Waals surface area (Å²) in [6.07, 6.45) is 1.45. The molecule has 0 aromatic heterocycles. The van der Waals surface area contributed by atoms with Gasteiger partial charge in [0.15, 0.2) is 5.78 Å². The third-order valence-electron chi connectivity index (χ3n) is 2.91. The minimum atomic E-state index is -0.259. The maximum absolute atomic E-state index is 11.5. The van der Waals surface area contributed by atoms with Crippen molar-refractivity contribution in [1.82, 2.24) is 0 Å². The molecule has 0 aliphatic carbocycles. The summed E-state index contributed by atoms with van der Waals surface area (Å²) in [6.45, 7) is 6.46. The van der Waals surface area contributed by atoms with Gasteiger partial charge in [-0.1, -0.05) is 44.2 Å². The van der Waals surface area contributed by atoms with E-state index in [4.69, 9.17) is 4.74 Å². The highest BCUT2D eigenvalue weighted by molar-refractivity contribution is 5.80. The van der Waals surface area contributed by atoms with Crippen molar-refractivity contribution < 1.29 is 9.53 Å². The van der Waals surface area contributed by atoms with E-state index < -0.39 is 0 Å². The Hall–Kier alpha value is -1.15. The van der Waals surface area contributed by atoms with Crippen molar-refractivity contribution in [2.24, 2.45) is 0 Å². The van der Waals surface area contributed by atoms with Gasteiger partial charge in [-0.2, -0.15) is 0 Å². The van der Waals surface area contributed by atoms with E-state index in [1.165, 1.54) is 5.56 Å². The molecule has 1 rings (SSSR count). The van der Waals surface area contributed by atoms with E-state index in [-0.39, 0.29) is 11.9 Å². The molecule has 0 fully saturated rings. The molecule has 2 atom stereocenters. The molecule has 0 saturated carbocycles. The average Bonchev–Trinajstić information content (AvgIpc) is 2.35. The van der Waals surface area contributed by atoms with E-state index in [2.05, 4.69) is 26.0 Å². The molecule has 0 aliphatic heterocycles. The summed E-state index contributed by atoms with van der Waals surface area (Å²) in [5, 5.41) is 0. The molecule has 0 radical (unpaired) electrons. The van der Waals surface area contributed by atoms with E-state index >= 15 is 0 Å². The molecular weight excluding hydrogens is 212 g/mol. The second-order valence-electron chi connectivity index (χ2n) is 4.52. The van der Waals surface area contributed by atoms with Gasteiger partial charge < -0.3 is 4.74 Å². The largest absolute Gasteiger partial charge is 0.370 e. The van der Waals surface area contributed by atoms with Crippen LogP contribution >= 0.6 is 0 Å². The summed E-state index contributed by atoms with van der Waals surface area (Å²) in [5.41, 5.74) is 1.26. The van der Waals surface area contributed by atoms with Crippen LogP contribution < -0.4 is 0 Å². The summed E-state index contributed by atoms with van der Waals surface area (Å²) in [6, 6.07) is 10.3. The molecule has 0 N–H and O–H groups in total. The molecule has 0 aliphatic rings. The lowest BCUT2D eigenvalue weighted by atomic mass is 9.94. The molecule has 0 heterocycles. The van der Waals surface area contributed by atoms with Crippen molar-refractivity contribution in [3.63, 3.8) is 0 Å². The number of carbonyl (C=O) groups is 1. The van der Waals surface area contributed by atoms with Crippen LogP contribution in [0.5, 0.6) is 0 Å². The van der Waals surface area contributed by atoms with Crippen molar-refractivity contribution >= 4 is 5.78 Å². The second-order valence-corrected chi connectivity index (χ2v) is 4.52. The Morgan fingerprint density at radius 3 is 2.47 bits per heavy atom. The van der Waals surface area contributed by atoms with Gasteiger partial charge in [0.25, 0.3) is 0 Å². The van der Waals surface area contributed by atoms with Crippen LogP contribution in [0.15, 0.2) is 30.3 Å². The Labute approximate surface area is 104 Å². The van der Waals surface area contributed by atoms with Crippen LogP contribution in [-0.4, -0.2) is 18.5 Å². The molecule has 0 bridgehead atoms. The minimum absolute atomic E-state index is 0.126. The standard InChI is InChI=1S/C15H22O2/c1-4-10-17-15(13(3)16)11-12(2)14-8-6-5-7-9-14/h5-9,12,15H,4,10-11H2,1-3H3. The van der Waals surface area contributed by atoms with Gasteiger partial charge in [-0.05, 0) is 31.2 Å². The SMILES string of the molecule is CCCOC(CC(C)c1ccccc1)C(C)=O. The smallest absolute Gasteiger partial charge is 0.158 e. The number of hydrogen-bond donors (Lipinski definition) is 0. The van der Waals surface area contributed by atoms with Gasteiger partial charge in [-0.15, -0.1) is 0 Å². The molecule has 2 nitrogen and oxygen atoms in total. The Morgan fingerprint density at radius 2 is 1.94 bits per heavy atom. The van der Waals surface area contributed by atoms with Crippen molar-refractivity contribution in [1.29, 1.82) is 0 Å². The number of ether oxygens (including phenoxy) is 1. The van der Waals surface area contributed by atoms with Gasteiger partial charge in [-0.25, -0.2) is 0 Å². The van der Waals surface area contributed by atoms with Gasteiger partial charge in [-0.3, -0.25) is 4.79 Å². The monoisotopic (exact) mass is 234 g/mol. The van der Waals surface area contributed by atoms with Crippen LogP contribution in [0.25, 0.3) is 0 Å². The molecular formula is C15H22O2. The van der Waals surface area contributed by atoms with E-state index in [1.54, 1.807) is 6.92 Å². The lowest BCUT2D eigenvalue weighted by Crippen LogP contribution is -2.24. The van der Waals surface area contributed by atoms with Gasteiger partial charge in [0.1, 0.15) is 6.10 Å². The maximum atomic E-state index is 11.5. The Bertz CT molecular complexity index is 332. The number of ketones is 1. The second kappa shape index (κ2) is 7.23. The van der Waals surface area contributed by atoms with E-state index in [9.17, 15) is 4.79 Å². The molecule has 1 aromatic rings. The number of hydrogen-bond acceptors (Lipinski definition) is 2. The summed E-state index contributed by atoms with van der Waals surface area (Å²) >= 11 is 0. The highest BCUT2D eigenvalue weighted by Gasteiger charge is 2.18. The fourth-order valence-corrected chi connectivity index (χ4v) is 1.85. The Balaban J connectivity index is 2.58. The highest BCUT2D eigenvalue weighted by Crippen LogP contribution is 2.22. The number of carbonyl (C=O) groups excluding carboxylic acids is 1. The van der Waals surface area contributed by atoms with Crippen LogP contribution in [0.4, 0.5) is 0 Å². The minimum Gasteiger partial charge on any atom is -0.370 e. The van der Waals surface area contributed by atoms with Gasteiger partial charge in [0, 0.05) is 6.61 Å². The van der Waals surface area contributed by atoms with Crippen LogP contribution in [0.1, 0.15) is 45.1 Å². The quantitative estimate of drug-likeness (QED) is 0.721.